The summed E-state index contributed by atoms with van der Waals surface area (Å²) in [5, 5.41) is 6.54. The molecule has 2 aliphatic rings. The molecule has 0 bridgehead atoms. The van der Waals surface area contributed by atoms with Crippen LogP contribution in [-0.4, -0.2) is 25.0 Å². The molecule has 1 saturated carbocycles. The molecule has 0 aromatic carbocycles. The fraction of sp³-hybridized carbons (Fsp3) is 0.929. The molecule has 0 aromatic rings. The summed E-state index contributed by atoms with van der Waals surface area (Å²) in [4.78, 5) is 11.5. The Morgan fingerprint density at radius 1 is 1.29 bits per heavy atom. The van der Waals surface area contributed by atoms with Gasteiger partial charge in [0.1, 0.15) is 0 Å². The molecular formula is C14H26N2O. The van der Waals surface area contributed by atoms with E-state index in [0.29, 0.717) is 23.3 Å². The van der Waals surface area contributed by atoms with Crippen molar-refractivity contribution >= 4 is 5.91 Å². The Labute approximate surface area is 105 Å². The maximum absolute atomic E-state index is 11.5. The third-order valence-corrected chi connectivity index (χ3v) is 5.41. The zero-order chi connectivity index (χ0) is 12.7. The Kier molecular flexibility index (Phi) is 3.23. The van der Waals surface area contributed by atoms with Crippen LogP contribution >= 0.6 is 0 Å². The van der Waals surface area contributed by atoms with Crippen molar-refractivity contribution in [2.24, 2.45) is 16.7 Å². The minimum atomic E-state index is 0.203. The highest BCUT2D eigenvalue weighted by Gasteiger charge is 2.63. The van der Waals surface area contributed by atoms with E-state index in [-0.39, 0.29) is 5.91 Å². The van der Waals surface area contributed by atoms with Crippen molar-refractivity contribution in [2.75, 3.05) is 13.1 Å². The van der Waals surface area contributed by atoms with Gasteiger partial charge >= 0.3 is 0 Å². The quantitative estimate of drug-likeness (QED) is 0.789. The highest BCUT2D eigenvalue weighted by atomic mass is 16.1. The summed E-state index contributed by atoms with van der Waals surface area (Å²) in [6.45, 7) is 11.3. The molecule has 0 radical (unpaired) electrons. The Morgan fingerprint density at radius 3 is 2.53 bits per heavy atom. The predicted octanol–water partition coefficient (Wildman–Crippen LogP) is 1.93. The number of nitrogens with one attached hydrogen (secondary N) is 2. The van der Waals surface area contributed by atoms with Gasteiger partial charge in [0.05, 0.1) is 0 Å². The van der Waals surface area contributed by atoms with Crippen LogP contribution in [0.15, 0.2) is 0 Å². The third-order valence-electron chi connectivity index (χ3n) is 5.41. The molecule has 1 saturated heterocycles. The van der Waals surface area contributed by atoms with Gasteiger partial charge in [-0.3, -0.25) is 4.79 Å². The van der Waals surface area contributed by atoms with Crippen LogP contribution in [0.4, 0.5) is 0 Å². The Hall–Kier alpha value is -0.570. The molecule has 1 aliphatic carbocycles. The Bertz CT molecular complexity index is 295. The predicted molar refractivity (Wildman–Crippen MR) is 69.7 cm³/mol. The third kappa shape index (κ3) is 2.35. The Balaban J connectivity index is 1.81. The SMILES string of the molecule is CC1(C)C(CNC2CCCNC(=O)C2)C1(C)C. The van der Waals surface area contributed by atoms with Crippen LogP contribution in [0.2, 0.25) is 0 Å². The molecule has 17 heavy (non-hydrogen) atoms. The van der Waals surface area contributed by atoms with Crippen molar-refractivity contribution in [3.05, 3.63) is 0 Å². The summed E-state index contributed by atoms with van der Waals surface area (Å²) in [6, 6.07) is 0.379. The second-order valence-corrected chi connectivity index (χ2v) is 6.80. The summed E-state index contributed by atoms with van der Waals surface area (Å²) < 4.78 is 0. The first-order valence-corrected chi connectivity index (χ1v) is 6.86. The van der Waals surface area contributed by atoms with Crippen LogP contribution in [0.5, 0.6) is 0 Å². The molecule has 1 amide bonds. The lowest BCUT2D eigenvalue weighted by molar-refractivity contribution is -0.121. The normalized spacial score (nSPS) is 31.8. The molecule has 2 rings (SSSR count). The van der Waals surface area contributed by atoms with Crippen molar-refractivity contribution in [3.63, 3.8) is 0 Å². The number of amides is 1. The van der Waals surface area contributed by atoms with E-state index in [9.17, 15) is 4.79 Å². The van der Waals surface area contributed by atoms with Gasteiger partial charge < -0.3 is 10.6 Å². The first-order valence-electron chi connectivity index (χ1n) is 6.86. The zero-order valence-corrected chi connectivity index (χ0v) is 11.6. The second-order valence-electron chi connectivity index (χ2n) is 6.80. The van der Waals surface area contributed by atoms with E-state index in [2.05, 4.69) is 38.3 Å². The fourth-order valence-corrected chi connectivity index (χ4v) is 3.28. The van der Waals surface area contributed by atoms with Gasteiger partial charge in [-0.15, -0.1) is 0 Å². The molecule has 3 nitrogen and oxygen atoms in total. The van der Waals surface area contributed by atoms with Crippen LogP contribution in [0.3, 0.4) is 0 Å². The largest absolute Gasteiger partial charge is 0.356 e. The monoisotopic (exact) mass is 238 g/mol. The maximum Gasteiger partial charge on any atom is 0.221 e. The van der Waals surface area contributed by atoms with E-state index >= 15 is 0 Å². The van der Waals surface area contributed by atoms with Crippen molar-refractivity contribution in [3.8, 4) is 0 Å². The van der Waals surface area contributed by atoms with Crippen molar-refractivity contribution in [1.82, 2.24) is 10.6 Å². The molecule has 2 N–H and O–H groups in total. The number of rotatable bonds is 3. The lowest BCUT2D eigenvalue weighted by atomic mass is 10.0. The van der Waals surface area contributed by atoms with Crippen LogP contribution < -0.4 is 10.6 Å². The molecule has 2 fully saturated rings. The lowest BCUT2D eigenvalue weighted by Crippen LogP contribution is -2.34. The van der Waals surface area contributed by atoms with Gasteiger partial charge in [-0.25, -0.2) is 0 Å². The van der Waals surface area contributed by atoms with Gasteiger partial charge in [0.15, 0.2) is 0 Å². The molecule has 1 atom stereocenters. The molecule has 98 valence electrons. The van der Waals surface area contributed by atoms with E-state index < -0.39 is 0 Å². The van der Waals surface area contributed by atoms with Gasteiger partial charge in [-0.05, 0) is 36.1 Å². The van der Waals surface area contributed by atoms with Gasteiger partial charge in [0, 0.05) is 19.0 Å². The maximum atomic E-state index is 11.5. The summed E-state index contributed by atoms with van der Waals surface area (Å²) in [7, 11) is 0. The highest BCUT2D eigenvalue weighted by molar-refractivity contribution is 5.76. The number of carbonyl (C=O) groups excluding carboxylic acids is 1. The van der Waals surface area contributed by atoms with E-state index in [4.69, 9.17) is 0 Å². The van der Waals surface area contributed by atoms with Crippen LogP contribution in [0, 0.1) is 16.7 Å². The van der Waals surface area contributed by atoms with Gasteiger partial charge in [-0.2, -0.15) is 0 Å². The second kappa shape index (κ2) is 4.27. The summed E-state index contributed by atoms with van der Waals surface area (Å²) in [5.74, 6) is 0.940. The summed E-state index contributed by atoms with van der Waals surface area (Å²) in [5.41, 5.74) is 0.875. The first kappa shape index (κ1) is 12.9. The fourth-order valence-electron chi connectivity index (χ4n) is 3.28. The molecule has 0 aromatic heterocycles. The lowest BCUT2D eigenvalue weighted by Gasteiger charge is -2.15. The van der Waals surface area contributed by atoms with E-state index in [1.165, 1.54) is 0 Å². The van der Waals surface area contributed by atoms with E-state index in [1.807, 2.05) is 0 Å². The van der Waals surface area contributed by atoms with Crippen LogP contribution in [0.1, 0.15) is 47.0 Å². The van der Waals surface area contributed by atoms with Crippen LogP contribution in [-0.2, 0) is 4.79 Å². The van der Waals surface area contributed by atoms with E-state index in [0.717, 1.165) is 31.8 Å². The Morgan fingerprint density at radius 2 is 1.94 bits per heavy atom. The van der Waals surface area contributed by atoms with Gasteiger partial charge in [0.2, 0.25) is 5.91 Å². The van der Waals surface area contributed by atoms with Crippen molar-refractivity contribution < 1.29 is 4.79 Å². The highest BCUT2D eigenvalue weighted by Crippen LogP contribution is 2.67. The standard InChI is InChI=1S/C14H26N2O/c1-13(2)11(14(13,3)4)9-16-10-6-5-7-15-12(17)8-10/h10-11,16H,5-9H2,1-4H3,(H,15,17). The van der Waals surface area contributed by atoms with Gasteiger partial charge in [0.25, 0.3) is 0 Å². The van der Waals surface area contributed by atoms with Crippen molar-refractivity contribution in [2.45, 2.75) is 53.0 Å². The minimum absolute atomic E-state index is 0.203. The number of hydrogen-bond acceptors (Lipinski definition) is 2. The van der Waals surface area contributed by atoms with Gasteiger partial charge in [-0.1, -0.05) is 27.7 Å². The van der Waals surface area contributed by atoms with Crippen LogP contribution in [0.25, 0.3) is 0 Å². The van der Waals surface area contributed by atoms with Crippen molar-refractivity contribution in [1.29, 1.82) is 0 Å². The number of carbonyl (C=O) groups is 1. The summed E-state index contributed by atoms with van der Waals surface area (Å²) >= 11 is 0. The molecular weight excluding hydrogens is 212 g/mol. The zero-order valence-electron chi connectivity index (χ0n) is 11.6. The molecule has 1 unspecified atom stereocenters. The summed E-state index contributed by atoms with van der Waals surface area (Å²) in [6.07, 6.45) is 2.86. The number of hydrogen-bond donors (Lipinski definition) is 2. The topological polar surface area (TPSA) is 41.1 Å². The molecule has 1 aliphatic heterocycles. The average Bonchev–Trinajstić information content (AvgIpc) is 2.71. The molecule has 1 heterocycles. The smallest absolute Gasteiger partial charge is 0.221 e. The van der Waals surface area contributed by atoms with E-state index in [1.54, 1.807) is 0 Å². The molecule has 0 spiro atoms. The molecule has 3 heteroatoms. The average molecular weight is 238 g/mol. The minimum Gasteiger partial charge on any atom is -0.356 e. The first-order chi connectivity index (χ1) is 7.85.